The number of thiazole rings is 2. The largest absolute Gasteiger partial charge is 0.268 e. The quantitative estimate of drug-likeness (QED) is 0.182. The Morgan fingerprint density at radius 3 is 2.44 bits per heavy atom. The number of para-hydroxylation sites is 2. The molecule has 166 valence electrons. The van der Waals surface area contributed by atoms with Crippen LogP contribution in [0.15, 0.2) is 86.1 Å². The lowest BCUT2D eigenvalue weighted by Crippen LogP contribution is -2.21. The van der Waals surface area contributed by atoms with E-state index in [4.69, 9.17) is 9.97 Å². The zero-order valence-electron chi connectivity index (χ0n) is 17.8. The first-order valence-electron chi connectivity index (χ1n) is 10.4. The van der Waals surface area contributed by atoms with E-state index in [1.165, 1.54) is 29.3 Å². The summed E-state index contributed by atoms with van der Waals surface area (Å²) < 4.78 is 4.53. The molecule has 0 unspecified atom stereocenters. The van der Waals surface area contributed by atoms with Gasteiger partial charge >= 0.3 is 0 Å². The van der Waals surface area contributed by atoms with Crippen LogP contribution in [0, 0.1) is 6.92 Å². The van der Waals surface area contributed by atoms with Gasteiger partial charge in [-0.25, -0.2) is 15.0 Å². The number of rotatable bonds is 5. The highest BCUT2D eigenvalue weighted by Crippen LogP contribution is 2.34. The number of nitrogens with one attached hydrogen (secondary N) is 1. The van der Waals surface area contributed by atoms with Crippen molar-refractivity contribution in [1.82, 2.24) is 19.4 Å². The van der Waals surface area contributed by atoms with Gasteiger partial charge in [0.15, 0.2) is 4.34 Å². The van der Waals surface area contributed by atoms with E-state index >= 15 is 0 Å². The Kier molecular flexibility index (Phi) is 5.33. The first-order chi connectivity index (χ1) is 16.7. The minimum Gasteiger partial charge on any atom is -0.268 e. The molecule has 1 N–H and O–H groups in total. The summed E-state index contributed by atoms with van der Waals surface area (Å²) in [6.45, 7) is 1.94. The Morgan fingerprint density at radius 1 is 0.941 bits per heavy atom. The van der Waals surface area contributed by atoms with Gasteiger partial charge in [-0.2, -0.15) is 5.10 Å². The molecule has 0 spiro atoms. The van der Waals surface area contributed by atoms with Crippen LogP contribution < -0.4 is 11.0 Å². The third-order valence-corrected chi connectivity index (χ3v) is 8.20. The summed E-state index contributed by atoms with van der Waals surface area (Å²) in [5.41, 5.74) is 6.53. The van der Waals surface area contributed by atoms with Crippen molar-refractivity contribution in [3.63, 3.8) is 0 Å². The predicted octanol–water partition coefficient (Wildman–Crippen LogP) is 5.82. The summed E-state index contributed by atoms with van der Waals surface area (Å²) in [7, 11) is 0. The standard InChI is InChI=1S/C24H16N6OS3/c1-14-7-6-12-30-20(14)28-21(34-24-27-17-9-3-5-11-19(17)33-24)15(22(30)31)13-25-29-23-26-16-8-2-4-10-18(16)32-23/h2-13H,1H3,(H,26,29)/b25-13-. The third kappa shape index (κ3) is 3.85. The van der Waals surface area contributed by atoms with Crippen molar-refractivity contribution in [1.29, 1.82) is 0 Å². The number of hydrogen-bond acceptors (Lipinski definition) is 9. The number of fused-ring (bicyclic) bond motifs is 3. The van der Waals surface area contributed by atoms with E-state index in [1.54, 1.807) is 21.9 Å². The molecule has 0 aliphatic heterocycles. The van der Waals surface area contributed by atoms with Crippen LogP contribution in [0.2, 0.25) is 0 Å². The maximum absolute atomic E-state index is 13.4. The summed E-state index contributed by atoms with van der Waals surface area (Å²) in [6.07, 6.45) is 3.24. The molecular formula is C24H16N6OS3. The van der Waals surface area contributed by atoms with Crippen LogP contribution in [-0.4, -0.2) is 25.6 Å². The molecule has 0 bridgehead atoms. The maximum atomic E-state index is 13.4. The second-order valence-corrected chi connectivity index (χ2v) is 10.7. The highest BCUT2D eigenvalue weighted by Gasteiger charge is 2.16. The first-order valence-corrected chi connectivity index (χ1v) is 12.8. The predicted molar refractivity (Wildman–Crippen MR) is 141 cm³/mol. The molecule has 2 aromatic carbocycles. The number of hydrazone groups is 1. The van der Waals surface area contributed by atoms with Crippen LogP contribution in [0.5, 0.6) is 0 Å². The van der Waals surface area contributed by atoms with Crippen LogP contribution in [0.3, 0.4) is 0 Å². The summed E-state index contributed by atoms with van der Waals surface area (Å²) in [6, 6.07) is 19.6. The van der Waals surface area contributed by atoms with Crippen LogP contribution >= 0.6 is 34.4 Å². The highest BCUT2D eigenvalue weighted by molar-refractivity contribution is 8.01. The van der Waals surface area contributed by atoms with Gasteiger partial charge in [0, 0.05) is 6.20 Å². The molecule has 4 heterocycles. The Balaban J connectivity index is 1.41. The molecule has 0 aliphatic rings. The number of hydrogen-bond donors (Lipinski definition) is 1. The number of aromatic nitrogens is 4. The van der Waals surface area contributed by atoms with E-state index in [1.807, 2.05) is 67.6 Å². The van der Waals surface area contributed by atoms with Crippen molar-refractivity contribution in [2.24, 2.45) is 5.10 Å². The highest BCUT2D eigenvalue weighted by atomic mass is 32.2. The van der Waals surface area contributed by atoms with Gasteiger partial charge in [-0.3, -0.25) is 14.6 Å². The van der Waals surface area contributed by atoms with Gasteiger partial charge in [-0.05, 0) is 54.6 Å². The second-order valence-electron chi connectivity index (χ2n) is 7.43. The van der Waals surface area contributed by atoms with Gasteiger partial charge in [0.2, 0.25) is 5.13 Å². The summed E-state index contributed by atoms with van der Waals surface area (Å²) in [5.74, 6) is 0. The monoisotopic (exact) mass is 500 g/mol. The molecule has 0 amide bonds. The molecular weight excluding hydrogens is 485 g/mol. The molecule has 10 heteroatoms. The molecule has 0 saturated heterocycles. The smallest absolute Gasteiger partial charge is 0.267 e. The molecule has 0 fully saturated rings. The third-order valence-electron chi connectivity index (χ3n) is 5.16. The van der Waals surface area contributed by atoms with Crippen LogP contribution in [0.25, 0.3) is 26.1 Å². The van der Waals surface area contributed by atoms with Crippen molar-refractivity contribution in [2.45, 2.75) is 16.3 Å². The van der Waals surface area contributed by atoms with E-state index in [0.717, 1.165) is 30.3 Å². The Labute approximate surface area is 205 Å². The topological polar surface area (TPSA) is 84.5 Å². The first kappa shape index (κ1) is 21.0. The van der Waals surface area contributed by atoms with E-state index in [2.05, 4.69) is 15.5 Å². The number of pyridine rings is 1. The van der Waals surface area contributed by atoms with Crippen molar-refractivity contribution in [3.8, 4) is 0 Å². The Morgan fingerprint density at radius 2 is 1.68 bits per heavy atom. The second kappa shape index (κ2) is 8.64. The Bertz CT molecular complexity index is 1700. The zero-order chi connectivity index (χ0) is 23.1. The molecule has 34 heavy (non-hydrogen) atoms. The molecule has 6 rings (SSSR count). The molecule has 0 radical (unpaired) electrons. The molecule has 0 aliphatic carbocycles. The fraction of sp³-hybridized carbons (Fsp3) is 0.0417. The van der Waals surface area contributed by atoms with Gasteiger partial charge in [0.1, 0.15) is 10.7 Å². The fourth-order valence-corrected chi connectivity index (χ4v) is 6.41. The maximum Gasteiger partial charge on any atom is 0.267 e. The normalized spacial score (nSPS) is 11.8. The summed E-state index contributed by atoms with van der Waals surface area (Å²) in [4.78, 5) is 27.5. The minimum absolute atomic E-state index is 0.188. The summed E-state index contributed by atoms with van der Waals surface area (Å²) in [5, 5.41) is 5.55. The zero-order valence-corrected chi connectivity index (χ0v) is 20.2. The number of benzene rings is 2. The number of anilines is 1. The lowest BCUT2D eigenvalue weighted by atomic mass is 10.3. The van der Waals surface area contributed by atoms with E-state index < -0.39 is 0 Å². The van der Waals surface area contributed by atoms with Crippen molar-refractivity contribution in [2.75, 3.05) is 5.43 Å². The molecule has 4 aromatic heterocycles. The van der Waals surface area contributed by atoms with Crippen molar-refractivity contribution in [3.05, 3.63) is 88.3 Å². The average Bonchev–Trinajstić information content (AvgIpc) is 3.44. The van der Waals surface area contributed by atoms with Crippen molar-refractivity contribution >= 4 is 71.9 Å². The van der Waals surface area contributed by atoms with E-state index in [0.29, 0.717) is 21.4 Å². The molecule has 6 aromatic rings. The van der Waals surface area contributed by atoms with Crippen LogP contribution in [-0.2, 0) is 0 Å². The molecule has 0 saturated carbocycles. The van der Waals surface area contributed by atoms with E-state index in [9.17, 15) is 4.79 Å². The van der Waals surface area contributed by atoms with Crippen LogP contribution in [0.4, 0.5) is 5.13 Å². The van der Waals surface area contributed by atoms with Gasteiger partial charge in [0.25, 0.3) is 5.56 Å². The lowest BCUT2D eigenvalue weighted by molar-refractivity contribution is 0.967. The number of nitrogens with zero attached hydrogens (tertiary/aromatic N) is 5. The van der Waals surface area contributed by atoms with Gasteiger partial charge in [-0.1, -0.05) is 41.7 Å². The summed E-state index contributed by atoms with van der Waals surface area (Å²) >= 11 is 4.45. The van der Waals surface area contributed by atoms with Gasteiger partial charge in [0.05, 0.1) is 32.2 Å². The fourth-order valence-electron chi connectivity index (χ4n) is 3.53. The van der Waals surface area contributed by atoms with Gasteiger partial charge < -0.3 is 0 Å². The molecule has 0 atom stereocenters. The van der Waals surface area contributed by atoms with Crippen LogP contribution in [0.1, 0.15) is 11.1 Å². The Hall–Kier alpha value is -3.60. The lowest BCUT2D eigenvalue weighted by Gasteiger charge is -2.08. The average molecular weight is 501 g/mol. The van der Waals surface area contributed by atoms with Gasteiger partial charge in [-0.15, -0.1) is 11.3 Å². The number of aryl methyl sites for hydroxylation is 1. The minimum atomic E-state index is -0.188. The van der Waals surface area contributed by atoms with Crippen molar-refractivity contribution < 1.29 is 0 Å². The molecule has 7 nitrogen and oxygen atoms in total. The van der Waals surface area contributed by atoms with E-state index in [-0.39, 0.29) is 5.56 Å². The SMILES string of the molecule is Cc1cccn2c(=O)c(/C=N\Nc3nc4ccccc4s3)c(Sc3nc4ccccc4s3)nc12.